The first kappa shape index (κ1) is 19.8. The molecule has 0 amide bonds. The standard InChI is InChI=1S/C21H19BrN6O2/c1-13(15-8-4-3-5-9-15)25-26-20-23-18-17(19(29)24-21(30)27(18)2)28(20)12-14-7-6-10-16(22)11-14/h3-11H,12H2,1-2H3,(H,23,26)(H,24,29,30). The van der Waals surface area contributed by atoms with Crippen LogP contribution in [0.2, 0.25) is 0 Å². The number of rotatable bonds is 5. The Bertz CT molecular complexity index is 1370. The molecule has 0 aliphatic heterocycles. The summed E-state index contributed by atoms with van der Waals surface area (Å²) in [7, 11) is 1.57. The van der Waals surface area contributed by atoms with Gasteiger partial charge in [0.2, 0.25) is 5.95 Å². The number of imidazole rings is 1. The maximum absolute atomic E-state index is 12.6. The number of fused-ring (bicyclic) bond motifs is 1. The van der Waals surface area contributed by atoms with E-state index in [9.17, 15) is 9.59 Å². The second-order valence-corrected chi connectivity index (χ2v) is 7.73. The summed E-state index contributed by atoms with van der Waals surface area (Å²) < 4.78 is 3.96. The molecule has 152 valence electrons. The minimum atomic E-state index is -0.518. The van der Waals surface area contributed by atoms with Crippen molar-refractivity contribution in [2.24, 2.45) is 12.1 Å². The van der Waals surface area contributed by atoms with E-state index >= 15 is 0 Å². The predicted octanol–water partition coefficient (Wildman–Crippen LogP) is 3.07. The molecule has 0 fully saturated rings. The quantitative estimate of drug-likeness (QED) is 0.348. The SMILES string of the molecule is CC(=NNc1nc2c(c(=O)[nH]c(=O)n2C)n1Cc1cccc(Br)c1)c1ccccc1. The van der Waals surface area contributed by atoms with E-state index in [1.54, 1.807) is 11.6 Å². The third kappa shape index (κ3) is 3.84. The Kier molecular flexibility index (Phi) is 5.37. The summed E-state index contributed by atoms with van der Waals surface area (Å²) >= 11 is 3.47. The molecule has 0 atom stereocenters. The largest absolute Gasteiger partial charge is 0.329 e. The Balaban J connectivity index is 1.83. The van der Waals surface area contributed by atoms with Crippen molar-refractivity contribution in [1.29, 1.82) is 0 Å². The fourth-order valence-corrected chi connectivity index (χ4v) is 3.62. The molecule has 0 aliphatic rings. The average Bonchev–Trinajstić information content (AvgIpc) is 3.10. The number of H-pyrrole nitrogens is 1. The molecule has 4 rings (SSSR count). The van der Waals surface area contributed by atoms with Gasteiger partial charge in [-0.3, -0.25) is 18.9 Å². The van der Waals surface area contributed by atoms with Crippen molar-refractivity contribution >= 4 is 38.8 Å². The summed E-state index contributed by atoms with van der Waals surface area (Å²) in [6, 6.07) is 17.5. The third-order valence-corrected chi connectivity index (χ3v) is 5.25. The minimum absolute atomic E-state index is 0.286. The first-order chi connectivity index (χ1) is 14.4. The normalized spacial score (nSPS) is 11.8. The molecule has 9 heteroatoms. The Labute approximate surface area is 180 Å². The van der Waals surface area contributed by atoms with Crippen molar-refractivity contribution in [3.05, 3.63) is 91.0 Å². The Hall–Kier alpha value is -3.46. The lowest BCUT2D eigenvalue weighted by Gasteiger charge is -2.09. The van der Waals surface area contributed by atoms with Crippen LogP contribution in [0.1, 0.15) is 18.1 Å². The highest BCUT2D eigenvalue weighted by Gasteiger charge is 2.17. The molecule has 8 nitrogen and oxygen atoms in total. The summed E-state index contributed by atoms with van der Waals surface area (Å²) in [4.78, 5) is 31.5. The van der Waals surface area contributed by atoms with Crippen LogP contribution in [-0.2, 0) is 13.6 Å². The maximum Gasteiger partial charge on any atom is 0.329 e. The second-order valence-electron chi connectivity index (χ2n) is 6.82. The topological polar surface area (TPSA) is 97.1 Å². The molecule has 0 saturated carbocycles. The Morgan fingerprint density at radius 2 is 1.93 bits per heavy atom. The number of anilines is 1. The van der Waals surface area contributed by atoms with Gasteiger partial charge < -0.3 is 0 Å². The molecule has 4 aromatic rings. The lowest BCUT2D eigenvalue weighted by molar-refractivity contribution is 0.808. The molecule has 2 aromatic heterocycles. The van der Waals surface area contributed by atoms with Gasteiger partial charge in [0, 0.05) is 11.5 Å². The van der Waals surface area contributed by atoms with Gasteiger partial charge in [0.15, 0.2) is 11.2 Å². The summed E-state index contributed by atoms with van der Waals surface area (Å²) in [5, 5.41) is 4.44. The molecule has 0 radical (unpaired) electrons. The minimum Gasteiger partial charge on any atom is -0.298 e. The average molecular weight is 467 g/mol. The molecule has 2 heterocycles. The molecular weight excluding hydrogens is 448 g/mol. The first-order valence-corrected chi connectivity index (χ1v) is 10.0. The highest BCUT2D eigenvalue weighted by atomic mass is 79.9. The number of benzene rings is 2. The molecule has 0 saturated heterocycles. The van der Waals surface area contributed by atoms with Gasteiger partial charge in [-0.1, -0.05) is 58.4 Å². The summed E-state index contributed by atoms with van der Waals surface area (Å²) in [5.74, 6) is 0.368. The summed E-state index contributed by atoms with van der Waals surface area (Å²) in [6.07, 6.45) is 0. The van der Waals surface area contributed by atoms with Gasteiger partial charge in [-0.25, -0.2) is 10.2 Å². The number of hydrogen-bond donors (Lipinski definition) is 2. The lowest BCUT2D eigenvalue weighted by atomic mass is 10.1. The third-order valence-electron chi connectivity index (χ3n) is 4.75. The van der Waals surface area contributed by atoms with Gasteiger partial charge in [0.1, 0.15) is 0 Å². The molecule has 2 N–H and O–H groups in total. The van der Waals surface area contributed by atoms with Crippen LogP contribution in [0, 0.1) is 0 Å². The molecule has 0 spiro atoms. The van der Waals surface area contributed by atoms with Gasteiger partial charge in [-0.15, -0.1) is 0 Å². The zero-order chi connectivity index (χ0) is 21.3. The van der Waals surface area contributed by atoms with Crippen LogP contribution in [0.5, 0.6) is 0 Å². The van der Waals surface area contributed by atoms with Crippen molar-refractivity contribution in [3.8, 4) is 0 Å². The maximum atomic E-state index is 12.6. The van der Waals surface area contributed by atoms with Crippen LogP contribution >= 0.6 is 15.9 Å². The molecule has 2 aromatic carbocycles. The number of aromatic nitrogens is 4. The van der Waals surface area contributed by atoms with Gasteiger partial charge in [-0.2, -0.15) is 10.1 Å². The van der Waals surface area contributed by atoms with Crippen molar-refractivity contribution in [2.75, 3.05) is 5.43 Å². The van der Waals surface area contributed by atoms with Gasteiger partial charge in [0.05, 0.1) is 12.3 Å². The predicted molar refractivity (Wildman–Crippen MR) is 121 cm³/mol. The van der Waals surface area contributed by atoms with E-state index in [0.717, 1.165) is 21.3 Å². The number of halogens is 1. The molecule has 0 unspecified atom stereocenters. The van der Waals surface area contributed by atoms with E-state index in [1.807, 2.05) is 61.5 Å². The van der Waals surface area contributed by atoms with E-state index in [0.29, 0.717) is 18.0 Å². The Morgan fingerprint density at radius 1 is 1.17 bits per heavy atom. The van der Waals surface area contributed by atoms with Crippen molar-refractivity contribution in [2.45, 2.75) is 13.5 Å². The van der Waals surface area contributed by atoms with E-state index < -0.39 is 11.2 Å². The second kappa shape index (κ2) is 8.11. The molecule has 0 aliphatic carbocycles. The van der Waals surface area contributed by atoms with Crippen molar-refractivity contribution < 1.29 is 0 Å². The Morgan fingerprint density at radius 3 is 2.67 bits per heavy atom. The smallest absolute Gasteiger partial charge is 0.298 e. The monoisotopic (exact) mass is 466 g/mol. The number of aryl methyl sites for hydroxylation is 1. The number of hydrazone groups is 1. The zero-order valence-electron chi connectivity index (χ0n) is 16.4. The zero-order valence-corrected chi connectivity index (χ0v) is 18.0. The number of nitrogens with zero attached hydrogens (tertiary/aromatic N) is 4. The molecule has 30 heavy (non-hydrogen) atoms. The fraction of sp³-hybridized carbons (Fsp3) is 0.143. The van der Waals surface area contributed by atoms with Crippen LogP contribution in [0.25, 0.3) is 11.2 Å². The highest BCUT2D eigenvalue weighted by molar-refractivity contribution is 9.10. The van der Waals surface area contributed by atoms with Gasteiger partial charge >= 0.3 is 5.69 Å². The first-order valence-electron chi connectivity index (χ1n) is 9.24. The van der Waals surface area contributed by atoms with Crippen LogP contribution < -0.4 is 16.7 Å². The van der Waals surface area contributed by atoms with Crippen molar-refractivity contribution in [3.63, 3.8) is 0 Å². The van der Waals surface area contributed by atoms with Crippen LogP contribution in [0.3, 0.4) is 0 Å². The van der Waals surface area contributed by atoms with Crippen LogP contribution in [-0.4, -0.2) is 24.8 Å². The summed E-state index contributed by atoms with van der Waals surface area (Å²) in [5.41, 5.74) is 5.23. The molecule has 0 bridgehead atoms. The van der Waals surface area contributed by atoms with Crippen LogP contribution in [0.4, 0.5) is 5.95 Å². The van der Waals surface area contributed by atoms with E-state index in [4.69, 9.17) is 0 Å². The molecular formula is C21H19BrN6O2. The van der Waals surface area contributed by atoms with E-state index in [1.165, 1.54) is 4.57 Å². The van der Waals surface area contributed by atoms with E-state index in [2.05, 4.69) is 36.4 Å². The number of hydrogen-bond acceptors (Lipinski definition) is 5. The van der Waals surface area contributed by atoms with Crippen molar-refractivity contribution in [1.82, 2.24) is 19.1 Å². The van der Waals surface area contributed by atoms with E-state index in [-0.39, 0.29) is 5.65 Å². The van der Waals surface area contributed by atoms with Gasteiger partial charge in [0.25, 0.3) is 5.56 Å². The number of aromatic amines is 1. The highest BCUT2D eigenvalue weighted by Crippen LogP contribution is 2.20. The van der Waals surface area contributed by atoms with Crippen LogP contribution in [0.15, 0.2) is 73.8 Å². The summed E-state index contributed by atoms with van der Waals surface area (Å²) in [6.45, 7) is 2.26. The lowest BCUT2D eigenvalue weighted by Crippen LogP contribution is -2.29. The number of nitrogens with one attached hydrogen (secondary N) is 2. The fourth-order valence-electron chi connectivity index (χ4n) is 3.17. The van der Waals surface area contributed by atoms with Gasteiger partial charge in [-0.05, 0) is 30.2 Å².